The quantitative estimate of drug-likeness (QED) is 0.842. The first-order valence-electron chi connectivity index (χ1n) is 8.43. The molecule has 1 aliphatic heterocycles. The normalized spacial score (nSPS) is 29.7. The predicted molar refractivity (Wildman–Crippen MR) is 91.7 cm³/mol. The van der Waals surface area contributed by atoms with Crippen LogP contribution >= 0.6 is 0 Å². The number of allylic oxidation sites excluding steroid dienone is 1. The smallest absolute Gasteiger partial charge is 0.0741 e. The van der Waals surface area contributed by atoms with Crippen LogP contribution in [-0.2, 0) is 6.42 Å². The molecular weight excluding hydrogens is 270 g/mol. The van der Waals surface area contributed by atoms with Crippen LogP contribution in [0.2, 0.25) is 0 Å². The summed E-state index contributed by atoms with van der Waals surface area (Å²) in [6, 6.07) is 10.6. The predicted octanol–water partition coefficient (Wildman–Crippen LogP) is 3.43. The zero-order chi connectivity index (χ0) is 15.5. The SMILES string of the molecule is C=CCN1C[C@H]2CCC(C)=C[C@H]2[C@@H]1[C@@H](O)Cc1ccccc1. The topological polar surface area (TPSA) is 23.5 Å². The summed E-state index contributed by atoms with van der Waals surface area (Å²) in [7, 11) is 0. The molecule has 2 aliphatic rings. The number of fused-ring (bicyclic) bond motifs is 1. The van der Waals surface area contributed by atoms with Crippen molar-refractivity contribution in [2.45, 2.75) is 38.3 Å². The third-order valence-corrected chi connectivity index (χ3v) is 5.26. The lowest BCUT2D eigenvalue weighted by atomic mass is 9.78. The van der Waals surface area contributed by atoms with Gasteiger partial charge in [-0.1, -0.05) is 48.1 Å². The van der Waals surface area contributed by atoms with E-state index in [9.17, 15) is 5.11 Å². The highest BCUT2D eigenvalue weighted by Gasteiger charge is 2.44. The first kappa shape index (κ1) is 15.5. The molecule has 22 heavy (non-hydrogen) atoms. The van der Waals surface area contributed by atoms with Crippen LogP contribution in [0.4, 0.5) is 0 Å². The van der Waals surface area contributed by atoms with Gasteiger partial charge in [-0.3, -0.25) is 4.90 Å². The van der Waals surface area contributed by atoms with Gasteiger partial charge in [0.15, 0.2) is 0 Å². The van der Waals surface area contributed by atoms with Crippen LogP contribution in [-0.4, -0.2) is 35.2 Å². The Kier molecular flexibility index (Phi) is 4.80. The van der Waals surface area contributed by atoms with E-state index in [-0.39, 0.29) is 12.1 Å². The van der Waals surface area contributed by atoms with Crippen LogP contribution < -0.4 is 0 Å². The molecule has 1 aliphatic carbocycles. The number of hydrogen-bond donors (Lipinski definition) is 1. The number of aliphatic hydroxyl groups excluding tert-OH is 1. The van der Waals surface area contributed by atoms with Crippen molar-refractivity contribution < 1.29 is 5.11 Å². The molecule has 1 fully saturated rings. The largest absolute Gasteiger partial charge is 0.391 e. The van der Waals surface area contributed by atoms with Crippen molar-refractivity contribution in [3.8, 4) is 0 Å². The van der Waals surface area contributed by atoms with Crippen molar-refractivity contribution in [1.29, 1.82) is 0 Å². The van der Waals surface area contributed by atoms with E-state index < -0.39 is 0 Å². The lowest BCUT2D eigenvalue weighted by molar-refractivity contribution is 0.0657. The van der Waals surface area contributed by atoms with E-state index in [0.29, 0.717) is 11.8 Å². The standard InChI is InChI=1S/C20H27NO/c1-3-11-21-14-17-10-9-15(2)12-18(17)20(21)19(22)13-16-7-5-4-6-8-16/h3-8,12,17-20,22H,1,9-11,13-14H2,2H3/t17-,18-,19+,20-/m1/s1. The van der Waals surface area contributed by atoms with Gasteiger partial charge in [0.05, 0.1) is 6.10 Å². The minimum absolute atomic E-state index is 0.221. The lowest BCUT2D eigenvalue weighted by Gasteiger charge is -2.32. The van der Waals surface area contributed by atoms with Gasteiger partial charge < -0.3 is 5.11 Å². The molecular formula is C20H27NO. The highest BCUT2D eigenvalue weighted by Crippen LogP contribution is 2.40. The van der Waals surface area contributed by atoms with Crippen LogP contribution in [0.25, 0.3) is 0 Å². The van der Waals surface area contributed by atoms with Crippen molar-refractivity contribution in [3.63, 3.8) is 0 Å². The second-order valence-corrected chi connectivity index (χ2v) is 6.88. The monoisotopic (exact) mass is 297 g/mol. The molecule has 0 aromatic heterocycles. The van der Waals surface area contributed by atoms with Crippen molar-refractivity contribution >= 4 is 0 Å². The maximum absolute atomic E-state index is 10.9. The fourth-order valence-corrected chi connectivity index (χ4v) is 4.25. The second-order valence-electron chi connectivity index (χ2n) is 6.88. The molecule has 4 atom stereocenters. The van der Waals surface area contributed by atoms with E-state index >= 15 is 0 Å². The van der Waals surface area contributed by atoms with Crippen LogP contribution in [0.3, 0.4) is 0 Å². The summed E-state index contributed by atoms with van der Waals surface area (Å²) in [6.45, 7) is 8.09. The van der Waals surface area contributed by atoms with Crippen LogP contribution in [0.1, 0.15) is 25.3 Å². The molecule has 1 N–H and O–H groups in total. The van der Waals surface area contributed by atoms with Crippen molar-refractivity contribution in [1.82, 2.24) is 4.90 Å². The molecule has 0 radical (unpaired) electrons. The zero-order valence-electron chi connectivity index (χ0n) is 13.5. The van der Waals surface area contributed by atoms with Gasteiger partial charge in [-0.05, 0) is 43.6 Å². The maximum Gasteiger partial charge on any atom is 0.0741 e. The molecule has 0 amide bonds. The summed E-state index contributed by atoms with van der Waals surface area (Å²) in [5.41, 5.74) is 2.70. The number of nitrogens with zero attached hydrogens (tertiary/aromatic N) is 1. The van der Waals surface area contributed by atoms with Gasteiger partial charge >= 0.3 is 0 Å². The first-order chi connectivity index (χ1) is 10.7. The molecule has 2 nitrogen and oxygen atoms in total. The van der Waals surface area contributed by atoms with E-state index in [2.05, 4.69) is 36.6 Å². The van der Waals surface area contributed by atoms with Crippen LogP contribution in [0, 0.1) is 11.8 Å². The Morgan fingerprint density at radius 1 is 1.36 bits per heavy atom. The van der Waals surface area contributed by atoms with Gasteiger partial charge in [0, 0.05) is 19.1 Å². The third-order valence-electron chi connectivity index (χ3n) is 5.26. The number of benzene rings is 1. The van der Waals surface area contributed by atoms with Gasteiger partial charge in [0.1, 0.15) is 0 Å². The minimum atomic E-state index is -0.320. The van der Waals surface area contributed by atoms with Gasteiger partial charge in [-0.15, -0.1) is 6.58 Å². The molecule has 0 unspecified atom stereocenters. The van der Waals surface area contributed by atoms with Crippen molar-refractivity contribution in [3.05, 3.63) is 60.2 Å². The molecule has 2 heteroatoms. The first-order valence-corrected chi connectivity index (χ1v) is 8.43. The van der Waals surface area contributed by atoms with Crippen molar-refractivity contribution in [2.75, 3.05) is 13.1 Å². The average molecular weight is 297 g/mol. The van der Waals surface area contributed by atoms with E-state index in [4.69, 9.17) is 0 Å². The summed E-state index contributed by atoms with van der Waals surface area (Å²) >= 11 is 0. The minimum Gasteiger partial charge on any atom is -0.391 e. The van der Waals surface area contributed by atoms with Gasteiger partial charge in [0.2, 0.25) is 0 Å². The fourth-order valence-electron chi connectivity index (χ4n) is 4.25. The molecule has 1 aromatic carbocycles. The number of rotatable bonds is 5. The Hall–Kier alpha value is -1.38. The third kappa shape index (κ3) is 3.18. The summed E-state index contributed by atoms with van der Waals surface area (Å²) in [6.07, 6.45) is 7.28. The molecule has 3 rings (SSSR count). The number of likely N-dealkylation sites (tertiary alicyclic amines) is 1. The number of hydrogen-bond acceptors (Lipinski definition) is 2. The summed E-state index contributed by atoms with van der Waals surface area (Å²) < 4.78 is 0. The van der Waals surface area contributed by atoms with Gasteiger partial charge in [-0.25, -0.2) is 0 Å². The highest BCUT2D eigenvalue weighted by molar-refractivity contribution is 5.19. The average Bonchev–Trinajstić information content (AvgIpc) is 2.86. The molecule has 1 saturated heterocycles. The lowest BCUT2D eigenvalue weighted by Crippen LogP contribution is -2.43. The van der Waals surface area contributed by atoms with Crippen LogP contribution in [0.5, 0.6) is 0 Å². The van der Waals surface area contributed by atoms with E-state index in [1.807, 2.05) is 24.3 Å². The molecule has 0 bridgehead atoms. The fraction of sp³-hybridized carbons (Fsp3) is 0.500. The highest BCUT2D eigenvalue weighted by atomic mass is 16.3. The Morgan fingerprint density at radius 3 is 2.86 bits per heavy atom. The van der Waals surface area contributed by atoms with Crippen molar-refractivity contribution in [2.24, 2.45) is 11.8 Å². The maximum atomic E-state index is 10.9. The molecule has 0 spiro atoms. The van der Waals surface area contributed by atoms with Crippen LogP contribution in [0.15, 0.2) is 54.6 Å². The Labute approximate surface area is 134 Å². The Balaban J connectivity index is 1.80. The molecule has 118 valence electrons. The second kappa shape index (κ2) is 6.80. The summed E-state index contributed by atoms with van der Waals surface area (Å²) in [4.78, 5) is 2.44. The van der Waals surface area contributed by atoms with Gasteiger partial charge in [-0.2, -0.15) is 0 Å². The Bertz CT molecular complexity index is 536. The molecule has 1 heterocycles. The zero-order valence-corrected chi connectivity index (χ0v) is 13.5. The number of aliphatic hydroxyl groups is 1. The van der Waals surface area contributed by atoms with E-state index in [0.717, 1.165) is 19.5 Å². The van der Waals surface area contributed by atoms with E-state index in [1.165, 1.54) is 24.0 Å². The molecule has 1 aromatic rings. The van der Waals surface area contributed by atoms with Gasteiger partial charge in [0.25, 0.3) is 0 Å². The summed E-state index contributed by atoms with van der Waals surface area (Å²) in [5, 5.41) is 10.9. The van der Waals surface area contributed by atoms with E-state index in [1.54, 1.807) is 0 Å². The molecule has 0 saturated carbocycles. The Morgan fingerprint density at radius 2 is 2.14 bits per heavy atom. The summed E-state index contributed by atoms with van der Waals surface area (Å²) in [5.74, 6) is 1.19.